The van der Waals surface area contributed by atoms with Crippen LogP contribution in [-0.2, 0) is 16.1 Å². The number of aryl methyl sites for hydroxylation is 2. The molecule has 2 amide bonds. The molecule has 1 atom stereocenters. The molecule has 170 valence electrons. The van der Waals surface area contributed by atoms with Crippen LogP contribution in [0.25, 0.3) is 0 Å². The fraction of sp³-hybridized carbons (Fsp3) is 0.577. The molecule has 0 N–H and O–H groups in total. The number of carbonyl (C=O) groups is 2. The molecule has 3 fully saturated rings. The highest BCUT2D eigenvalue weighted by Crippen LogP contribution is 2.59. The average Bonchev–Trinajstić information content (AvgIpc) is 3.14. The fourth-order valence-electron chi connectivity index (χ4n) is 6.31. The van der Waals surface area contributed by atoms with Crippen molar-refractivity contribution in [2.45, 2.75) is 77.4 Å². The minimum absolute atomic E-state index is 0.118. The van der Waals surface area contributed by atoms with Crippen LogP contribution in [0.2, 0.25) is 0 Å². The van der Waals surface area contributed by atoms with Crippen LogP contribution >= 0.6 is 0 Å². The van der Waals surface area contributed by atoms with Crippen molar-refractivity contribution in [1.82, 2.24) is 19.6 Å². The van der Waals surface area contributed by atoms with E-state index in [1.54, 1.807) is 4.68 Å². The maximum Gasteiger partial charge on any atom is 0.244 e. The van der Waals surface area contributed by atoms with E-state index >= 15 is 0 Å². The first-order valence-electron chi connectivity index (χ1n) is 12.2. The molecule has 6 heteroatoms. The van der Waals surface area contributed by atoms with Gasteiger partial charge in [-0.1, -0.05) is 49.6 Å². The van der Waals surface area contributed by atoms with Gasteiger partial charge in [-0.15, -0.1) is 0 Å². The van der Waals surface area contributed by atoms with Crippen LogP contribution in [-0.4, -0.2) is 50.5 Å². The van der Waals surface area contributed by atoms with Gasteiger partial charge in [-0.3, -0.25) is 14.3 Å². The Kier molecular flexibility index (Phi) is 5.56. The number of nitrogens with zero attached hydrogens (tertiary/aromatic N) is 4. The number of carbonyl (C=O) groups excluding carboxylic acids is 2. The van der Waals surface area contributed by atoms with Crippen LogP contribution in [0, 0.1) is 19.3 Å². The topological polar surface area (TPSA) is 58.4 Å². The molecule has 1 spiro atoms. The smallest absolute Gasteiger partial charge is 0.244 e. The average molecular weight is 435 g/mol. The summed E-state index contributed by atoms with van der Waals surface area (Å²) >= 11 is 0. The van der Waals surface area contributed by atoms with Crippen LogP contribution in [0.5, 0.6) is 0 Å². The van der Waals surface area contributed by atoms with E-state index in [0.717, 1.165) is 49.9 Å². The lowest BCUT2D eigenvalue weighted by Gasteiger charge is -2.61. The highest BCUT2D eigenvalue weighted by atomic mass is 16.2. The van der Waals surface area contributed by atoms with E-state index in [2.05, 4.69) is 40.3 Å². The van der Waals surface area contributed by atoms with Crippen molar-refractivity contribution in [3.63, 3.8) is 0 Å². The zero-order chi connectivity index (χ0) is 22.3. The van der Waals surface area contributed by atoms with Gasteiger partial charge in [0.15, 0.2) is 0 Å². The van der Waals surface area contributed by atoms with E-state index in [-0.39, 0.29) is 23.4 Å². The van der Waals surface area contributed by atoms with Crippen LogP contribution in [0.4, 0.5) is 0 Å². The fourth-order valence-corrected chi connectivity index (χ4v) is 6.31. The van der Waals surface area contributed by atoms with Crippen LogP contribution in [0.15, 0.2) is 36.4 Å². The molecule has 1 saturated carbocycles. The van der Waals surface area contributed by atoms with Gasteiger partial charge in [0.05, 0.1) is 17.2 Å². The summed E-state index contributed by atoms with van der Waals surface area (Å²) in [5, 5.41) is 4.43. The molecule has 0 bridgehead atoms. The Bertz CT molecular complexity index is 985. The third-order valence-electron chi connectivity index (χ3n) is 7.92. The van der Waals surface area contributed by atoms with Crippen molar-refractivity contribution in [3.8, 4) is 0 Å². The number of aromatic nitrogens is 2. The molecule has 1 aromatic carbocycles. The Hall–Kier alpha value is -2.63. The normalized spacial score (nSPS) is 23.4. The minimum Gasteiger partial charge on any atom is -0.341 e. The third kappa shape index (κ3) is 3.54. The summed E-state index contributed by atoms with van der Waals surface area (Å²) in [6.45, 7) is 5.65. The number of β-lactam (4-membered cyclic amide) rings is 1. The van der Waals surface area contributed by atoms with E-state index in [1.807, 2.05) is 24.8 Å². The van der Waals surface area contributed by atoms with Gasteiger partial charge in [-0.05, 0) is 51.2 Å². The van der Waals surface area contributed by atoms with Crippen molar-refractivity contribution in [1.29, 1.82) is 0 Å². The van der Waals surface area contributed by atoms with E-state index in [0.29, 0.717) is 25.5 Å². The maximum absolute atomic E-state index is 13.6. The summed E-state index contributed by atoms with van der Waals surface area (Å²) in [6, 6.07) is 13.0. The summed E-state index contributed by atoms with van der Waals surface area (Å²) in [5.74, 6) is 0.478. The first-order valence-corrected chi connectivity index (χ1v) is 12.2. The highest BCUT2D eigenvalue weighted by molar-refractivity contribution is 5.91. The molecule has 2 aliphatic heterocycles. The quantitative estimate of drug-likeness (QED) is 0.683. The molecular weight excluding hydrogens is 400 g/mol. The number of rotatable bonds is 4. The largest absolute Gasteiger partial charge is 0.341 e. The predicted octanol–water partition coefficient (Wildman–Crippen LogP) is 4.02. The van der Waals surface area contributed by atoms with E-state index in [9.17, 15) is 9.59 Å². The molecule has 3 heterocycles. The zero-order valence-corrected chi connectivity index (χ0v) is 19.3. The van der Waals surface area contributed by atoms with Crippen molar-refractivity contribution in [3.05, 3.63) is 53.3 Å². The number of likely N-dealkylation sites (tertiary alicyclic amines) is 2. The van der Waals surface area contributed by atoms with Crippen LogP contribution < -0.4 is 0 Å². The molecule has 6 nitrogen and oxygen atoms in total. The number of hydrogen-bond donors (Lipinski definition) is 0. The standard InChI is InChI=1S/C26H34N4O2/c1-19-17-20(2)29(27-19)18-23(31)28-15-11-22(12-16-28)30-24(21-9-5-3-6-10-21)26(25(30)32)13-7-4-8-14-26/h3,5-6,9-10,17,22,24H,4,7-8,11-16,18H2,1-2H3. The Balaban J connectivity index is 1.27. The van der Waals surface area contributed by atoms with Crippen molar-refractivity contribution < 1.29 is 9.59 Å². The minimum atomic E-state index is -0.192. The highest BCUT2D eigenvalue weighted by Gasteiger charge is 2.62. The summed E-state index contributed by atoms with van der Waals surface area (Å²) in [6.07, 6.45) is 7.29. The maximum atomic E-state index is 13.6. The monoisotopic (exact) mass is 434 g/mol. The van der Waals surface area contributed by atoms with Gasteiger partial charge >= 0.3 is 0 Å². The molecule has 1 aliphatic carbocycles. The lowest BCUT2D eigenvalue weighted by Crippen LogP contribution is -2.67. The lowest BCUT2D eigenvalue weighted by molar-refractivity contribution is -0.186. The number of amides is 2. The van der Waals surface area contributed by atoms with E-state index in [1.165, 1.54) is 12.0 Å². The summed E-state index contributed by atoms with van der Waals surface area (Å²) in [7, 11) is 0. The summed E-state index contributed by atoms with van der Waals surface area (Å²) in [4.78, 5) is 30.6. The van der Waals surface area contributed by atoms with E-state index < -0.39 is 0 Å². The summed E-state index contributed by atoms with van der Waals surface area (Å²) in [5.41, 5.74) is 3.04. The van der Waals surface area contributed by atoms with Gasteiger partial charge in [0.25, 0.3) is 0 Å². The van der Waals surface area contributed by atoms with Gasteiger partial charge in [0, 0.05) is 24.8 Å². The second-order valence-electron chi connectivity index (χ2n) is 9.94. The Morgan fingerprint density at radius 3 is 2.38 bits per heavy atom. The Morgan fingerprint density at radius 2 is 1.75 bits per heavy atom. The SMILES string of the molecule is Cc1cc(C)n(CC(=O)N2CCC(N3C(=O)C4(CCCCC4)C3c3ccccc3)CC2)n1. The Labute approximate surface area is 190 Å². The van der Waals surface area contributed by atoms with Gasteiger partial charge in [0.1, 0.15) is 6.54 Å². The molecule has 1 aromatic heterocycles. The van der Waals surface area contributed by atoms with Crippen LogP contribution in [0.3, 0.4) is 0 Å². The van der Waals surface area contributed by atoms with E-state index in [4.69, 9.17) is 0 Å². The predicted molar refractivity (Wildman–Crippen MR) is 123 cm³/mol. The number of benzene rings is 1. The molecule has 1 unspecified atom stereocenters. The number of hydrogen-bond acceptors (Lipinski definition) is 3. The van der Waals surface area contributed by atoms with Gasteiger partial charge < -0.3 is 9.80 Å². The molecule has 2 aromatic rings. The number of piperidine rings is 1. The molecule has 2 saturated heterocycles. The molecule has 3 aliphatic rings. The molecule has 0 radical (unpaired) electrons. The first-order chi connectivity index (χ1) is 15.5. The van der Waals surface area contributed by atoms with Crippen molar-refractivity contribution in [2.24, 2.45) is 5.41 Å². The van der Waals surface area contributed by atoms with Gasteiger partial charge in [0.2, 0.25) is 11.8 Å². The second-order valence-corrected chi connectivity index (χ2v) is 9.94. The molecular formula is C26H34N4O2. The van der Waals surface area contributed by atoms with Crippen molar-refractivity contribution >= 4 is 11.8 Å². The second kappa shape index (κ2) is 8.38. The van der Waals surface area contributed by atoms with Crippen molar-refractivity contribution in [2.75, 3.05) is 13.1 Å². The lowest BCUT2D eigenvalue weighted by atomic mass is 9.59. The van der Waals surface area contributed by atoms with Crippen LogP contribution in [0.1, 0.15) is 67.9 Å². The Morgan fingerprint density at radius 1 is 1.06 bits per heavy atom. The molecule has 32 heavy (non-hydrogen) atoms. The van der Waals surface area contributed by atoms with Gasteiger partial charge in [-0.2, -0.15) is 5.10 Å². The molecule has 5 rings (SSSR count). The first kappa shape index (κ1) is 21.2. The third-order valence-corrected chi connectivity index (χ3v) is 7.92. The summed E-state index contributed by atoms with van der Waals surface area (Å²) < 4.78 is 1.79. The van der Waals surface area contributed by atoms with Gasteiger partial charge in [-0.25, -0.2) is 0 Å². The zero-order valence-electron chi connectivity index (χ0n) is 19.3.